The van der Waals surface area contributed by atoms with Crippen molar-refractivity contribution >= 4 is 34.1 Å². The molecule has 2 aromatic rings. The van der Waals surface area contributed by atoms with Crippen molar-refractivity contribution in [1.29, 1.82) is 0 Å². The van der Waals surface area contributed by atoms with E-state index >= 15 is 0 Å². The molecule has 4 rings (SSSR count). The van der Waals surface area contributed by atoms with Gasteiger partial charge in [-0.15, -0.1) is 0 Å². The lowest BCUT2D eigenvalue weighted by atomic mass is 9.79. The lowest BCUT2D eigenvalue weighted by Gasteiger charge is -2.42. The first kappa shape index (κ1) is 23.7. The fraction of sp³-hybridized carbons (Fsp3) is 0.391. The van der Waals surface area contributed by atoms with Gasteiger partial charge in [0.25, 0.3) is 0 Å². The van der Waals surface area contributed by atoms with Crippen molar-refractivity contribution in [2.75, 3.05) is 11.2 Å². The Morgan fingerprint density at radius 1 is 0.879 bits per heavy atom. The summed E-state index contributed by atoms with van der Waals surface area (Å²) in [4.78, 5) is 10.9. The first-order valence-corrected chi connectivity index (χ1v) is 11.6. The lowest BCUT2D eigenvalue weighted by molar-refractivity contribution is -0.138. The Morgan fingerprint density at radius 2 is 1.48 bits per heavy atom. The van der Waals surface area contributed by atoms with Gasteiger partial charge in [0.1, 0.15) is 5.54 Å². The quantitative estimate of drug-likeness (QED) is 0.408. The van der Waals surface area contributed by atoms with Crippen LogP contribution in [0.15, 0.2) is 58.5 Å². The molecule has 33 heavy (non-hydrogen) atoms. The van der Waals surface area contributed by atoms with Gasteiger partial charge in [-0.3, -0.25) is 0 Å². The van der Waals surface area contributed by atoms with Crippen molar-refractivity contribution in [2.45, 2.75) is 50.0 Å². The number of rotatable bonds is 2. The first-order chi connectivity index (χ1) is 15.5. The van der Waals surface area contributed by atoms with Crippen molar-refractivity contribution in [3.8, 4) is 0 Å². The van der Waals surface area contributed by atoms with Crippen molar-refractivity contribution in [3.63, 3.8) is 0 Å². The Balaban J connectivity index is 1.84. The van der Waals surface area contributed by atoms with Crippen molar-refractivity contribution < 1.29 is 26.3 Å². The Bertz CT molecular complexity index is 1080. The molecule has 176 valence electrons. The molecule has 0 amide bonds. The van der Waals surface area contributed by atoms with E-state index in [0.717, 1.165) is 43.5 Å². The van der Waals surface area contributed by atoms with E-state index in [9.17, 15) is 26.3 Å². The van der Waals surface area contributed by atoms with Gasteiger partial charge in [-0.1, -0.05) is 43.2 Å². The number of halogens is 6. The summed E-state index contributed by atoms with van der Waals surface area (Å²) >= 11 is 1.27. The fourth-order valence-electron chi connectivity index (χ4n) is 4.43. The lowest BCUT2D eigenvalue weighted by Crippen LogP contribution is -2.52. The molecule has 1 heterocycles. The number of alkyl halides is 6. The number of benzene rings is 2. The molecular formula is C23H21F6N3S. The van der Waals surface area contributed by atoms with Gasteiger partial charge >= 0.3 is 12.4 Å². The molecule has 1 aliphatic carbocycles. The van der Waals surface area contributed by atoms with E-state index in [-0.39, 0.29) is 5.69 Å². The van der Waals surface area contributed by atoms with Crippen molar-refractivity contribution in [1.82, 2.24) is 0 Å². The summed E-state index contributed by atoms with van der Waals surface area (Å²) in [6.07, 6.45) is -3.47. The summed E-state index contributed by atoms with van der Waals surface area (Å²) in [5.74, 6) is 0.336. The highest BCUT2D eigenvalue weighted by Gasteiger charge is 2.50. The molecule has 0 N–H and O–H groups in total. The fourth-order valence-corrected chi connectivity index (χ4v) is 5.07. The Labute approximate surface area is 191 Å². The van der Waals surface area contributed by atoms with Crippen LogP contribution in [0.25, 0.3) is 0 Å². The van der Waals surface area contributed by atoms with E-state index in [4.69, 9.17) is 0 Å². The zero-order valence-corrected chi connectivity index (χ0v) is 18.5. The van der Waals surface area contributed by atoms with Crippen molar-refractivity contribution in [2.24, 2.45) is 9.98 Å². The van der Waals surface area contributed by atoms with Gasteiger partial charge in [-0.2, -0.15) is 26.3 Å². The normalized spacial score (nSPS) is 19.9. The van der Waals surface area contributed by atoms with E-state index in [1.54, 1.807) is 17.2 Å². The predicted octanol–water partition coefficient (Wildman–Crippen LogP) is 7.70. The number of anilines is 1. The van der Waals surface area contributed by atoms with E-state index in [2.05, 4.69) is 9.98 Å². The van der Waals surface area contributed by atoms with Gasteiger partial charge in [0, 0.05) is 5.69 Å². The highest BCUT2D eigenvalue weighted by atomic mass is 32.2. The van der Waals surface area contributed by atoms with Crippen LogP contribution in [0, 0.1) is 0 Å². The standard InChI is InChI=1S/C23H21F6N3S/c1-33-20-31-19(30-17-9-5-7-15(13-17)22(24,25)26)21(11-3-2-4-12-21)32(20)18-10-6-8-16(14-18)23(27,28)29/h5-10,13-14H,2-4,11-12H2,1H3. The topological polar surface area (TPSA) is 28.0 Å². The van der Waals surface area contributed by atoms with Crippen LogP contribution in [-0.2, 0) is 12.4 Å². The largest absolute Gasteiger partial charge is 0.416 e. The Hall–Kier alpha value is -2.49. The molecule has 0 atom stereocenters. The summed E-state index contributed by atoms with van der Waals surface area (Å²) < 4.78 is 79.7. The highest BCUT2D eigenvalue weighted by Crippen LogP contribution is 2.45. The van der Waals surface area contributed by atoms with Crippen LogP contribution in [-0.4, -0.2) is 22.8 Å². The maximum absolute atomic E-state index is 13.4. The number of hydrogen-bond donors (Lipinski definition) is 0. The number of thioether (sulfide) groups is 1. The van der Waals surface area contributed by atoms with Gasteiger partial charge in [0.05, 0.1) is 16.8 Å². The van der Waals surface area contributed by atoms with Crippen LogP contribution in [0.3, 0.4) is 0 Å². The minimum Gasteiger partial charge on any atom is -0.307 e. The second-order valence-corrected chi connectivity index (χ2v) is 8.83. The van der Waals surface area contributed by atoms with Crippen LogP contribution in [0.1, 0.15) is 43.2 Å². The zero-order valence-electron chi connectivity index (χ0n) is 17.7. The minimum absolute atomic E-state index is 0.111. The van der Waals surface area contributed by atoms with Crippen LogP contribution in [0.4, 0.5) is 37.7 Å². The first-order valence-electron chi connectivity index (χ1n) is 10.4. The molecule has 0 radical (unpaired) electrons. The SMILES string of the molecule is CSC1=NC(=Nc2cccc(C(F)(F)F)c2)C2(CCCCC2)N1c1cccc(C(F)(F)F)c1. The summed E-state index contributed by atoms with van der Waals surface area (Å²) in [6, 6.07) is 9.76. The average molecular weight is 485 g/mol. The summed E-state index contributed by atoms with van der Waals surface area (Å²) in [5, 5.41) is 0.474. The van der Waals surface area contributed by atoms with Crippen LogP contribution >= 0.6 is 11.8 Å². The maximum atomic E-state index is 13.4. The predicted molar refractivity (Wildman–Crippen MR) is 119 cm³/mol. The van der Waals surface area contributed by atoms with Gasteiger partial charge in [-0.05, 0) is 55.5 Å². The molecule has 2 aliphatic rings. The second-order valence-electron chi connectivity index (χ2n) is 8.06. The molecule has 1 saturated carbocycles. The average Bonchev–Trinajstić information content (AvgIpc) is 3.05. The minimum atomic E-state index is -4.51. The third-order valence-electron chi connectivity index (χ3n) is 5.94. The molecule has 1 aliphatic heterocycles. The van der Waals surface area contributed by atoms with E-state index in [0.29, 0.717) is 29.5 Å². The summed E-state index contributed by atoms with van der Waals surface area (Å²) in [6.45, 7) is 0. The molecule has 0 unspecified atom stereocenters. The number of aliphatic imine (C=N–C) groups is 2. The monoisotopic (exact) mass is 485 g/mol. The maximum Gasteiger partial charge on any atom is 0.416 e. The molecule has 0 bridgehead atoms. The van der Waals surface area contributed by atoms with Crippen LogP contribution < -0.4 is 4.90 Å². The van der Waals surface area contributed by atoms with Gasteiger partial charge in [0.15, 0.2) is 11.0 Å². The molecule has 10 heteroatoms. The molecule has 3 nitrogen and oxygen atoms in total. The molecule has 0 saturated heterocycles. The van der Waals surface area contributed by atoms with Crippen LogP contribution in [0.2, 0.25) is 0 Å². The zero-order chi connectivity index (χ0) is 23.9. The molecule has 1 fully saturated rings. The van der Waals surface area contributed by atoms with Gasteiger partial charge in [0.2, 0.25) is 0 Å². The molecule has 1 spiro atoms. The molecule has 2 aromatic carbocycles. The third-order valence-corrected chi connectivity index (χ3v) is 6.58. The second kappa shape index (κ2) is 8.70. The molecule has 0 aromatic heterocycles. The van der Waals surface area contributed by atoms with E-state index < -0.39 is 29.0 Å². The number of amidine groups is 2. The van der Waals surface area contributed by atoms with E-state index in [1.165, 1.54) is 30.0 Å². The van der Waals surface area contributed by atoms with E-state index in [1.807, 2.05) is 0 Å². The number of nitrogens with zero attached hydrogens (tertiary/aromatic N) is 3. The van der Waals surface area contributed by atoms with Gasteiger partial charge < -0.3 is 4.90 Å². The Kier molecular flexibility index (Phi) is 6.24. The molecular weight excluding hydrogens is 464 g/mol. The highest BCUT2D eigenvalue weighted by molar-refractivity contribution is 8.13. The summed E-state index contributed by atoms with van der Waals surface area (Å²) in [5.41, 5.74) is -1.94. The van der Waals surface area contributed by atoms with Gasteiger partial charge in [-0.25, -0.2) is 9.98 Å². The number of hydrogen-bond acceptors (Lipinski definition) is 3. The van der Waals surface area contributed by atoms with Crippen LogP contribution in [0.5, 0.6) is 0 Å². The summed E-state index contributed by atoms with van der Waals surface area (Å²) in [7, 11) is 0. The Morgan fingerprint density at radius 3 is 2.09 bits per heavy atom. The third kappa shape index (κ3) is 4.62. The smallest absolute Gasteiger partial charge is 0.307 e. The van der Waals surface area contributed by atoms with Crippen molar-refractivity contribution in [3.05, 3.63) is 59.7 Å².